The zero-order valence-electron chi connectivity index (χ0n) is 11.0. The third-order valence-electron chi connectivity index (χ3n) is 2.71. The van der Waals surface area contributed by atoms with Crippen LogP contribution in [0.4, 0.5) is 17.3 Å². The van der Waals surface area contributed by atoms with Crippen LogP contribution < -0.4 is 16.6 Å². The Bertz CT molecular complexity index is 583. The molecule has 1 heterocycles. The Hall–Kier alpha value is -1.56. The molecule has 0 aliphatic carbocycles. The molecule has 2 rings (SSSR count). The fourth-order valence-corrected chi connectivity index (χ4v) is 2.42. The number of aromatic nitrogens is 2. The van der Waals surface area contributed by atoms with E-state index in [-0.39, 0.29) is 0 Å². The van der Waals surface area contributed by atoms with Crippen LogP contribution in [0.1, 0.15) is 18.9 Å². The molecule has 1 aromatic carbocycles. The monoisotopic (exact) mass is 311 g/mol. The first-order chi connectivity index (χ1) is 9.63. The van der Waals surface area contributed by atoms with Crippen LogP contribution in [0.5, 0.6) is 0 Å². The standard InChI is InChI=1S/C13H15Cl2N5/c1-2-3-11-12(17-7-18-13(11)20-16)19-10-5-8(14)4-9(15)6-10/h4-7H,2-3,16H2,1H3,(H2,17,18,19,20). The molecule has 0 spiro atoms. The second-order valence-corrected chi connectivity index (χ2v) is 5.10. The lowest BCUT2D eigenvalue weighted by atomic mass is 10.1. The lowest BCUT2D eigenvalue weighted by molar-refractivity contribution is 0.903. The fourth-order valence-electron chi connectivity index (χ4n) is 1.89. The van der Waals surface area contributed by atoms with E-state index in [4.69, 9.17) is 29.0 Å². The third-order valence-corrected chi connectivity index (χ3v) is 3.14. The summed E-state index contributed by atoms with van der Waals surface area (Å²) in [4.78, 5) is 8.37. The molecule has 7 heteroatoms. The van der Waals surface area contributed by atoms with Gasteiger partial charge in [-0.05, 0) is 24.6 Å². The van der Waals surface area contributed by atoms with E-state index in [0.29, 0.717) is 21.7 Å². The average Bonchev–Trinajstić information content (AvgIpc) is 2.39. The summed E-state index contributed by atoms with van der Waals surface area (Å²) in [5.74, 6) is 6.78. The number of hydrogen-bond acceptors (Lipinski definition) is 5. The van der Waals surface area contributed by atoms with Crippen molar-refractivity contribution in [1.29, 1.82) is 0 Å². The highest BCUT2D eigenvalue weighted by molar-refractivity contribution is 6.35. The zero-order chi connectivity index (χ0) is 14.5. The van der Waals surface area contributed by atoms with Crippen LogP contribution in [-0.2, 0) is 6.42 Å². The summed E-state index contributed by atoms with van der Waals surface area (Å²) in [6.07, 6.45) is 3.20. The van der Waals surface area contributed by atoms with E-state index < -0.39 is 0 Å². The first-order valence-electron chi connectivity index (χ1n) is 6.17. The van der Waals surface area contributed by atoms with Gasteiger partial charge in [0, 0.05) is 21.3 Å². The molecule has 5 nitrogen and oxygen atoms in total. The van der Waals surface area contributed by atoms with Gasteiger partial charge >= 0.3 is 0 Å². The van der Waals surface area contributed by atoms with Crippen LogP contribution in [-0.4, -0.2) is 9.97 Å². The smallest absolute Gasteiger partial charge is 0.148 e. The van der Waals surface area contributed by atoms with Crippen molar-refractivity contribution in [3.63, 3.8) is 0 Å². The molecular weight excluding hydrogens is 297 g/mol. The Kier molecular flexibility index (Phi) is 5.00. The Morgan fingerprint density at radius 3 is 2.35 bits per heavy atom. The number of halogens is 2. The Labute approximate surface area is 127 Å². The molecule has 106 valence electrons. The normalized spacial score (nSPS) is 10.4. The number of anilines is 3. The van der Waals surface area contributed by atoms with E-state index in [1.165, 1.54) is 6.33 Å². The van der Waals surface area contributed by atoms with Crippen molar-refractivity contribution >= 4 is 40.5 Å². The summed E-state index contributed by atoms with van der Waals surface area (Å²) in [5, 5.41) is 4.32. The quantitative estimate of drug-likeness (QED) is 0.579. The van der Waals surface area contributed by atoms with Gasteiger partial charge in [-0.15, -0.1) is 0 Å². The van der Waals surface area contributed by atoms with Crippen molar-refractivity contribution in [3.8, 4) is 0 Å². The number of nitrogen functional groups attached to an aromatic ring is 1. The largest absolute Gasteiger partial charge is 0.340 e. The van der Waals surface area contributed by atoms with Crippen LogP contribution in [0.15, 0.2) is 24.5 Å². The van der Waals surface area contributed by atoms with E-state index in [9.17, 15) is 0 Å². The summed E-state index contributed by atoms with van der Waals surface area (Å²) in [6, 6.07) is 5.23. The number of benzene rings is 1. The van der Waals surface area contributed by atoms with Crippen LogP contribution in [0, 0.1) is 0 Å². The van der Waals surface area contributed by atoms with Gasteiger partial charge in [0.2, 0.25) is 0 Å². The summed E-state index contributed by atoms with van der Waals surface area (Å²) < 4.78 is 0. The molecule has 0 bridgehead atoms. The second-order valence-electron chi connectivity index (χ2n) is 4.23. The van der Waals surface area contributed by atoms with Crippen LogP contribution in [0.25, 0.3) is 0 Å². The maximum Gasteiger partial charge on any atom is 0.148 e. The minimum atomic E-state index is 0.559. The molecule has 0 saturated heterocycles. The van der Waals surface area contributed by atoms with Gasteiger partial charge in [0.05, 0.1) is 0 Å². The molecule has 0 unspecified atom stereocenters. The van der Waals surface area contributed by atoms with Crippen LogP contribution >= 0.6 is 23.2 Å². The fraction of sp³-hybridized carbons (Fsp3) is 0.231. The van der Waals surface area contributed by atoms with E-state index >= 15 is 0 Å². The summed E-state index contributed by atoms with van der Waals surface area (Å²) in [6.45, 7) is 2.08. The molecular formula is C13H15Cl2N5. The summed E-state index contributed by atoms with van der Waals surface area (Å²) in [5.41, 5.74) is 4.28. The van der Waals surface area contributed by atoms with Crippen molar-refractivity contribution in [2.75, 3.05) is 10.7 Å². The molecule has 20 heavy (non-hydrogen) atoms. The Morgan fingerprint density at radius 2 is 1.75 bits per heavy atom. The maximum absolute atomic E-state index is 5.99. The molecule has 0 fully saturated rings. The number of nitrogens with two attached hydrogens (primary N) is 1. The highest BCUT2D eigenvalue weighted by Crippen LogP contribution is 2.28. The maximum atomic E-state index is 5.99. The molecule has 0 aliphatic heterocycles. The highest BCUT2D eigenvalue weighted by atomic mass is 35.5. The SMILES string of the molecule is CCCc1c(NN)ncnc1Nc1cc(Cl)cc(Cl)c1. The molecule has 0 radical (unpaired) electrons. The van der Waals surface area contributed by atoms with Crippen molar-refractivity contribution < 1.29 is 0 Å². The van der Waals surface area contributed by atoms with Crippen molar-refractivity contribution in [3.05, 3.63) is 40.1 Å². The predicted molar refractivity (Wildman–Crippen MR) is 83.6 cm³/mol. The van der Waals surface area contributed by atoms with E-state index in [0.717, 1.165) is 24.1 Å². The van der Waals surface area contributed by atoms with Crippen LogP contribution in [0.3, 0.4) is 0 Å². The molecule has 2 aromatic rings. The van der Waals surface area contributed by atoms with E-state index in [1.807, 2.05) is 0 Å². The van der Waals surface area contributed by atoms with Gasteiger partial charge in [0.1, 0.15) is 18.0 Å². The molecule has 1 aromatic heterocycles. The van der Waals surface area contributed by atoms with Gasteiger partial charge in [-0.3, -0.25) is 0 Å². The Morgan fingerprint density at radius 1 is 1.10 bits per heavy atom. The predicted octanol–water partition coefficient (Wildman–Crippen LogP) is 3.77. The summed E-state index contributed by atoms with van der Waals surface area (Å²) >= 11 is 12.0. The molecule has 4 N–H and O–H groups in total. The molecule has 0 atom stereocenters. The van der Waals surface area contributed by atoms with E-state index in [2.05, 4.69) is 27.6 Å². The van der Waals surface area contributed by atoms with Gasteiger partial charge in [-0.25, -0.2) is 15.8 Å². The first kappa shape index (κ1) is 14.8. The molecule has 0 amide bonds. The molecule has 0 aliphatic rings. The summed E-state index contributed by atoms with van der Waals surface area (Å²) in [7, 11) is 0. The third kappa shape index (κ3) is 3.50. The topological polar surface area (TPSA) is 75.9 Å². The number of rotatable bonds is 5. The lowest BCUT2D eigenvalue weighted by Crippen LogP contribution is -2.13. The Balaban J connectivity index is 2.37. The lowest BCUT2D eigenvalue weighted by Gasteiger charge is -2.13. The zero-order valence-corrected chi connectivity index (χ0v) is 12.5. The van der Waals surface area contributed by atoms with Crippen LogP contribution in [0.2, 0.25) is 10.0 Å². The minimum Gasteiger partial charge on any atom is -0.340 e. The van der Waals surface area contributed by atoms with E-state index in [1.54, 1.807) is 18.2 Å². The number of nitrogens with one attached hydrogen (secondary N) is 2. The van der Waals surface area contributed by atoms with Gasteiger partial charge in [-0.2, -0.15) is 0 Å². The second kappa shape index (κ2) is 6.74. The average molecular weight is 312 g/mol. The van der Waals surface area contributed by atoms with Gasteiger partial charge in [-0.1, -0.05) is 36.5 Å². The number of hydrogen-bond donors (Lipinski definition) is 3. The van der Waals surface area contributed by atoms with Gasteiger partial charge in [0.15, 0.2) is 0 Å². The molecule has 0 saturated carbocycles. The highest BCUT2D eigenvalue weighted by Gasteiger charge is 2.10. The van der Waals surface area contributed by atoms with Crippen molar-refractivity contribution in [2.45, 2.75) is 19.8 Å². The number of nitrogens with zero attached hydrogens (tertiary/aromatic N) is 2. The number of hydrazine groups is 1. The van der Waals surface area contributed by atoms with Gasteiger partial charge in [0.25, 0.3) is 0 Å². The van der Waals surface area contributed by atoms with Crippen molar-refractivity contribution in [1.82, 2.24) is 9.97 Å². The first-order valence-corrected chi connectivity index (χ1v) is 6.93. The minimum absolute atomic E-state index is 0.559. The van der Waals surface area contributed by atoms with Gasteiger partial charge < -0.3 is 10.7 Å². The van der Waals surface area contributed by atoms with Crippen molar-refractivity contribution in [2.24, 2.45) is 5.84 Å².